The van der Waals surface area contributed by atoms with E-state index in [1.807, 2.05) is 6.07 Å². The SMILES string of the molecule is C=CC1CC(=O)N(c2cc(C#N)ccc2O)C1. The van der Waals surface area contributed by atoms with Crippen molar-refractivity contribution >= 4 is 11.6 Å². The van der Waals surface area contributed by atoms with E-state index in [-0.39, 0.29) is 17.6 Å². The van der Waals surface area contributed by atoms with E-state index < -0.39 is 0 Å². The highest BCUT2D eigenvalue weighted by Crippen LogP contribution is 2.33. The van der Waals surface area contributed by atoms with E-state index in [2.05, 4.69) is 6.58 Å². The van der Waals surface area contributed by atoms with Gasteiger partial charge in [0.25, 0.3) is 0 Å². The number of phenolic OH excluding ortho intramolecular Hbond substituents is 1. The first kappa shape index (κ1) is 11.2. The Balaban J connectivity index is 2.37. The monoisotopic (exact) mass is 228 g/mol. The molecule has 0 spiro atoms. The highest BCUT2D eigenvalue weighted by Gasteiger charge is 2.30. The number of hydrogen-bond acceptors (Lipinski definition) is 3. The molecule has 0 aromatic heterocycles. The summed E-state index contributed by atoms with van der Waals surface area (Å²) in [6, 6.07) is 6.47. The fraction of sp³-hybridized carbons (Fsp3) is 0.231. The van der Waals surface area contributed by atoms with Gasteiger partial charge in [-0.1, -0.05) is 6.08 Å². The molecule has 1 aliphatic rings. The molecule has 4 nitrogen and oxygen atoms in total. The zero-order chi connectivity index (χ0) is 12.4. The van der Waals surface area contributed by atoms with Crippen molar-refractivity contribution in [3.05, 3.63) is 36.4 Å². The Morgan fingerprint density at radius 1 is 1.59 bits per heavy atom. The summed E-state index contributed by atoms with van der Waals surface area (Å²) in [6.45, 7) is 4.17. The van der Waals surface area contributed by atoms with E-state index in [1.54, 1.807) is 6.08 Å². The summed E-state index contributed by atoms with van der Waals surface area (Å²) in [5, 5.41) is 18.5. The summed E-state index contributed by atoms with van der Waals surface area (Å²) in [4.78, 5) is 13.3. The van der Waals surface area contributed by atoms with Gasteiger partial charge >= 0.3 is 0 Å². The van der Waals surface area contributed by atoms with Crippen molar-refractivity contribution in [2.45, 2.75) is 6.42 Å². The van der Waals surface area contributed by atoms with Crippen LogP contribution in [0.2, 0.25) is 0 Å². The first-order valence-electron chi connectivity index (χ1n) is 5.31. The average molecular weight is 228 g/mol. The number of anilines is 1. The Kier molecular flexibility index (Phi) is 2.84. The minimum atomic E-state index is -0.0553. The zero-order valence-electron chi connectivity index (χ0n) is 9.26. The molecule has 0 saturated carbocycles. The average Bonchev–Trinajstić information content (AvgIpc) is 2.71. The number of amides is 1. The van der Waals surface area contributed by atoms with Crippen LogP contribution in [0.25, 0.3) is 0 Å². The fourth-order valence-corrected chi connectivity index (χ4v) is 1.94. The van der Waals surface area contributed by atoms with E-state index in [9.17, 15) is 9.90 Å². The number of nitrogens with zero attached hydrogens (tertiary/aromatic N) is 2. The number of nitriles is 1. The molecule has 1 N–H and O–H groups in total. The summed E-state index contributed by atoms with van der Waals surface area (Å²) in [5.74, 6) is 0.0648. The maximum atomic E-state index is 11.8. The fourth-order valence-electron chi connectivity index (χ4n) is 1.94. The lowest BCUT2D eigenvalue weighted by Gasteiger charge is -2.17. The lowest BCUT2D eigenvalue weighted by atomic mass is 10.1. The standard InChI is InChI=1S/C13H12N2O2/c1-2-9-6-13(17)15(8-9)11-5-10(7-14)3-4-12(11)16/h2-5,9,16H,1,6,8H2. The van der Waals surface area contributed by atoms with Crippen molar-refractivity contribution in [3.63, 3.8) is 0 Å². The number of aromatic hydroxyl groups is 1. The van der Waals surface area contributed by atoms with Crippen LogP contribution in [0.5, 0.6) is 5.75 Å². The molecular weight excluding hydrogens is 216 g/mol. The van der Waals surface area contributed by atoms with Crippen LogP contribution in [0.3, 0.4) is 0 Å². The van der Waals surface area contributed by atoms with Crippen LogP contribution in [0.1, 0.15) is 12.0 Å². The first-order valence-corrected chi connectivity index (χ1v) is 5.31. The lowest BCUT2D eigenvalue weighted by Crippen LogP contribution is -2.24. The van der Waals surface area contributed by atoms with Gasteiger partial charge in [0, 0.05) is 18.9 Å². The van der Waals surface area contributed by atoms with Crippen molar-refractivity contribution in [1.29, 1.82) is 5.26 Å². The van der Waals surface area contributed by atoms with Gasteiger partial charge in [0.2, 0.25) is 5.91 Å². The molecule has 1 heterocycles. The van der Waals surface area contributed by atoms with Gasteiger partial charge in [-0.05, 0) is 18.2 Å². The normalized spacial score (nSPS) is 19.1. The van der Waals surface area contributed by atoms with Crippen LogP contribution in [0, 0.1) is 17.2 Å². The number of carbonyl (C=O) groups excluding carboxylic acids is 1. The van der Waals surface area contributed by atoms with Crippen molar-refractivity contribution in [2.75, 3.05) is 11.4 Å². The summed E-state index contributed by atoms with van der Waals surface area (Å²) in [7, 11) is 0. The molecule has 1 atom stereocenters. The van der Waals surface area contributed by atoms with Crippen molar-refractivity contribution < 1.29 is 9.90 Å². The van der Waals surface area contributed by atoms with Crippen molar-refractivity contribution in [1.82, 2.24) is 0 Å². The Hall–Kier alpha value is -2.28. The molecule has 2 rings (SSSR count). The molecule has 1 aliphatic heterocycles. The van der Waals surface area contributed by atoms with Crippen LogP contribution in [0.15, 0.2) is 30.9 Å². The summed E-state index contributed by atoms with van der Waals surface area (Å²) < 4.78 is 0. The van der Waals surface area contributed by atoms with Gasteiger partial charge in [-0.3, -0.25) is 4.79 Å². The van der Waals surface area contributed by atoms with E-state index in [4.69, 9.17) is 5.26 Å². The highest BCUT2D eigenvalue weighted by molar-refractivity contribution is 5.97. The summed E-state index contributed by atoms with van der Waals surface area (Å²) in [5.41, 5.74) is 0.825. The largest absolute Gasteiger partial charge is 0.506 e. The zero-order valence-corrected chi connectivity index (χ0v) is 9.26. The van der Waals surface area contributed by atoms with Gasteiger partial charge in [-0.15, -0.1) is 6.58 Å². The minimum Gasteiger partial charge on any atom is -0.506 e. The van der Waals surface area contributed by atoms with Gasteiger partial charge in [0.15, 0.2) is 0 Å². The molecule has 4 heteroatoms. The third kappa shape index (κ3) is 2.00. The quantitative estimate of drug-likeness (QED) is 0.785. The predicted octanol–water partition coefficient (Wildman–Crippen LogP) is 1.80. The second-order valence-corrected chi connectivity index (χ2v) is 4.02. The van der Waals surface area contributed by atoms with Crippen LogP contribution in [0.4, 0.5) is 5.69 Å². The van der Waals surface area contributed by atoms with Crippen LogP contribution >= 0.6 is 0 Å². The predicted molar refractivity (Wildman–Crippen MR) is 63.5 cm³/mol. The summed E-state index contributed by atoms with van der Waals surface area (Å²) >= 11 is 0. The number of carbonyl (C=O) groups is 1. The molecule has 1 aromatic rings. The van der Waals surface area contributed by atoms with Gasteiger partial charge < -0.3 is 10.0 Å². The third-order valence-corrected chi connectivity index (χ3v) is 2.88. The minimum absolute atomic E-state index is 0.0158. The number of benzene rings is 1. The maximum Gasteiger partial charge on any atom is 0.227 e. The highest BCUT2D eigenvalue weighted by atomic mass is 16.3. The smallest absolute Gasteiger partial charge is 0.227 e. The maximum absolute atomic E-state index is 11.8. The Morgan fingerprint density at radius 3 is 2.94 bits per heavy atom. The second-order valence-electron chi connectivity index (χ2n) is 4.02. The molecule has 0 radical (unpaired) electrons. The van der Waals surface area contributed by atoms with Crippen LogP contribution < -0.4 is 4.90 Å². The molecule has 1 saturated heterocycles. The van der Waals surface area contributed by atoms with E-state index >= 15 is 0 Å². The lowest BCUT2D eigenvalue weighted by molar-refractivity contribution is -0.117. The number of rotatable bonds is 2. The molecule has 1 fully saturated rings. The van der Waals surface area contributed by atoms with Crippen LogP contribution in [-0.2, 0) is 4.79 Å². The van der Waals surface area contributed by atoms with E-state index in [1.165, 1.54) is 23.1 Å². The van der Waals surface area contributed by atoms with E-state index in [0.29, 0.717) is 24.2 Å². The molecule has 0 aliphatic carbocycles. The second kappa shape index (κ2) is 4.30. The first-order chi connectivity index (χ1) is 8.15. The Bertz CT molecular complexity index is 517. The molecule has 1 unspecified atom stereocenters. The number of hydrogen-bond donors (Lipinski definition) is 1. The van der Waals surface area contributed by atoms with Gasteiger partial charge in [-0.2, -0.15) is 5.26 Å². The Labute approximate surface area is 99.4 Å². The number of phenols is 1. The van der Waals surface area contributed by atoms with Gasteiger partial charge in [0.05, 0.1) is 17.3 Å². The molecule has 86 valence electrons. The van der Waals surface area contributed by atoms with Gasteiger partial charge in [-0.25, -0.2) is 0 Å². The van der Waals surface area contributed by atoms with Crippen molar-refractivity contribution in [3.8, 4) is 11.8 Å². The van der Waals surface area contributed by atoms with E-state index in [0.717, 1.165) is 0 Å². The van der Waals surface area contributed by atoms with Crippen molar-refractivity contribution in [2.24, 2.45) is 5.92 Å². The molecule has 17 heavy (non-hydrogen) atoms. The molecule has 0 bridgehead atoms. The molecule has 1 amide bonds. The Morgan fingerprint density at radius 2 is 2.35 bits per heavy atom. The van der Waals surface area contributed by atoms with Crippen LogP contribution in [-0.4, -0.2) is 17.6 Å². The summed E-state index contributed by atoms with van der Waals surface area (Å²) in [6.07, 6.45) is 2.14. The van der Waals surface area contributed by atoms with Gasteiger partial charge in [0.1, 0.15) is 5.75 Å². The topological polar surface area (TPSA) is 64.3 Å². The third-order valence-electron chi connectivity index (χ3n) is 2.88. The molecule has 1 aromatic carbocycles. The molecular formula is C13H12N2O2.